The van der Waals surface area contributed by atoms with E-state index in [4.69, 9.17) is 9.47 Å². The predicted octanol–water partition coefficient (Wildman–Crippen LogP) is 2.49. The van der Waals surface area contributed by atoms with Crippen LogP contribution in [0.3, 0.4) is 0 Å². The lowest BCUT2D eigenvalue weighted by Crippen LogP contribution is -2.09. The maximum absolute atomic E-state index is 11.7. The summed E-state index contributed by atoms with van der Waals surface area (Å²) in [7, 11) is 1.55. The van der Waals surface area contributed by atoms with Crippen molar-refractivity contribution in [2.75, 3.05) is 13.7 Å². The van der Waals surface area contributed by atoms with Gasteiger partial charge in [-0.25, -0.2) is 4.79 Å². The minimum atomic E-state index is -0.327. The quantitative estimate of drug-likeness (QED) is 0.716. The molecule has 1 aromatic rings. The van der Waals surface area contributed by atoms with Crippen molar-refractivity contribution in [3.05, 3.63) is 28.8 Å². The fourth-order valence-electron chi connectivity index (χ4n) is 1.55. The second-order valence-corrected chi connectivity index (χ2v) is 3.38. The third-order valence-electron chi connectivity index (χ3n) is 2.14. The van der Waals surface area contributed by atoms with E-state index in [9.17, 15) is 4.79 Å². The number of rotatable bonds is 3. The fourth-order valence-corrected chi connectivity index (χ4v) is 1.55. The average molecular weight is 208 g/mol. The number of carbonyl (C=O) groups excluding carboxylic acids is 1. The number of hydrogen-bond donors (Lipinski definition) is 0. The molecule has 0 aliphatic rings. The molecule has 82 valence electrons. The van der Waals surface area contributed by atoms with Gasteiger partial charge in [-0.05, 0) is 38.0 Å². The van der Waals surface area contributed by atoms with E-state index in [0.29, 0.717) is 17.9 Å². The maximum atomic E-state index is 11.7. The molecule has 0 aliphatic carbocycles. The van der Waals surface area contributed by atoms with Gasteiger partial charge in [0.25, 0.3) is 0 Å². The first-order chi connectivity index (χ1) is 7.10. The maximum Gasteiger partial charge on any atom is 0.342 e. The van der Waals surface area contributed by atoms with Crippen LogP contribution in [0.2, 0.25) is 0 Å². The lowest BCUT2D eigenvalue weighted by Gasteiger charge is -2.11. The normalized spacial score (nSPS) is 9.87. The second kappa shape index (κ2) is 4.82. The first-order valence-corrected chi connectivity index (χ1v) is 4.92. The van der Waals surface area contributed by atoms with Gasteiger partial charge < -0.3 is 9.47 Å². The number of methoxy groups -OCH3 is 1. The molecule has 0 bridgehead atoms. The summed E-state index contributed by atoms with van der Waals surface area (Å²) in [5.41, 5.74) is 2.47. The van der Waals surface area contributed by atoms with Gasteiger partial charge in [0.05, 0.1) is 13.7 Å². The van der Waals surface area contributed by atoms with Crippen molar-refractivity contribution in [1.29, 1.82) is 0 Å². The first kappa shape index (κ1) is 11.6. The summed E-state index contributed by atoms with van der Waals surface area (Å²) in [5.74, 6) is 0.248. The Morgan fingerprint density at radius 3 is 2.53 bits per heavy atom. The van der Waals surface area contributed by atoms with Gasteiger partial charge in [0.15, 0.2) is 0 Å². The highest BCUT2D eigenvalue weighted by atomic mass is 16.5. The van der Waals surface area contributed by atoms with Crippen LogP contribution in [0.25, 0.3) is 0 Å². The van der Waals surface area contributed by atoms with E-state index in [0.717, 1.165) is 11.1 Å². The van der Waals surface area contributed by atoms with Gasteiger partial charge in [0.1, 0.15) is 11.3 Å². The molecule has 0 saturated carbocycles. The second-order valence-electron chi connectivity index (χ2n) is 3.38. The molecule has 0 N–H and O–H groups in total. The summed E-state index contributed by atoms with van der Waals surface area (Å²) >= 11 is 0. The van der Waals surface area contributed by atoms with Crippen LogP contribution in [-0.4, -0.2) is 19.7 Å². The van der Waals surface area contributed by atoms with E-state index in [1.165, 1.54) is 0 Å². The molecule has 0 amide bonds. The van der Waals surface area contributed by atoms with Crippen molar-refractivity contribution in [1.82, 2.24) is 0 Å². The Morgan fingerprint density at radius 1 is 1.33 bits per heavy atom. The number of aryl methyl sites for hydroxylation is 2. The van der Waals surface area contributed by atoms with E-state index < -0.39 is 0 Å². The van der Waals surface area contributed by atoms with E-state index in [1.807, 2.05) is 26.0 Å². The SMILES string of the molecule is CCOC(=O)c1c(C)cc(C)cc1OC. The number of ether oxygens (including phenoxy) is 2. The summed E-state index contributed by atoms with van der Waals surface area (Å²) in [6.45, 7) is 6.00. The lowest BCUT2D eigenvalue weighted by atomic mass is 10.0. The molecule has 0 radical (unpaired) electrons. The molecule has 0 unspecified atom stereocenters. The molecule has 0 spiro atoms. The van der Waals surface area contributed by atoms with Gasteiger partial charge in [-0.15, -0.1) is 0 Å². The Balaban J connectivity index is 3.20. The lowest BCUT2D eigenvalue weighted by molar-refractivity contribution is 0.0522. The van der Waals surface area contributed by atoms with Crippen LogP contribution in [0.4, 0.5) is 0 Å². The van der Waals surface area contributed by atoms with Crippen molar-refractivity contribution in [3.63, 3.8) is 0 Å². The van der Waals surface area contributed by atoms with Gasteiger partial charge in [-0.1, -0.05) is 6.07 Å². The molecule has 1 aromatic carbocycles. The molecule has 0 fully saturated rings. The number of esters is 1. The number of hydrogen-bond acceptors (Lipinski definition) is 3. The zero-order valence-corrected chi connectivity index (χ0v) is 9.59. The molecule has 0 aromatic heterocycles. The Hall–Kier alpha value is -1.51. The Kier molecular flexibility index (Phi) is 3.72. The Morgan fingerprint density at radius 2 is 2.00 bits per heavy atom. The number of benzene rings is 1. The molecule has 0 aliphatic heterocycles. The summed E-state index contributed by atoms with van der Waals surface area (Å²) < 4.78 is 10.1. The van der Waals surface area contributed by atoms with Crippen molar-refractivity contribution in [2.24, 2.45) is 0 Å². The Bertz CT molecular complexity index is 369. The van der Waals surface area contributed by atoms with Gasteiger partial charge >= 0.3 is 5.97 Å². The van der Waals surface area contributed by atoms with Crippen LogP contribution in [0.15, 0.2) is 12.1 Å². The van der Waals surface area contributed by atoms with Gasteiger partial charge in [0.2, 0.25) is 0 Å². The molecular weight excluding hydrogens is 192 g/mol. The Labute approximate surface area is 90.0 Å². The highest BCUT2D eigenvalue weighted by Crippen LogP contribution is 2.24. The minimum absolute atomic E-state index is 0.327. The molecular formula is C12H16O3. The molecule has 0 heterocycles. The zero-order valence-electron chi connectivity index (χ0n) is 9.59. The number of carbonyl (C=O) groups is 1. The van der Waals surface area contributed by atoms with Crippen LogP contribution in [0.1, 0.15) is 28.4 Å². The molecule has 3 heteroatoms. The van der Waals surface area contributed by atoms with Crippen LogP contribution in [0, 0.1) is 13.8 Å². The minimum Gasteiger partial charge on any atom is -0.496 e. The first-order valence-electron chi connectivity index (χ1n) is 4.92. The summed E-state index contributed by atoms with van der Waals surface area (Å²) in [6, 6.07) is 3.77. The predicted molar refractivity (Wildman–Crippen MR) is 58.4 cm³/mol. The highest BCUT2D eigenvalue weighted by molar-refractivity contribution is 5.94. The van der Waals surface area contributed by atoms with Crippen molar-refractivity contribution >= 4 is 5.97 Å². The van der Waals surface area contributed by atoms with E-state index >= 15 is 0 Å². The van der Waals surface area contributed by atoms with Gasteiger partial charge in [-0.2, -0.15) is 0 Å². The van der Waals surface area contributed by atoms with Crippen LogP contribution in [-0.2, 0) is 4.74 Å². The monoisotopic (exact) mass is 208 g/mol. The van der Waals surface area contributed by atoms with Gasteiger partial charge in [-0.3, -0.25) is 0 Å². The summed E-state index contributed by atoms with van der Waals surface area (Å²) in [4.78, 5) is 11.7. The van der Waals surface area contributed by atoms with E-state index in [1.54, 1.807) is 14.0 Å². The standard InChI is InChI=1S/C12H16O3/c1-5-15-12(13)11-9(3)6-8(2)7-10(11)14-4/h6-7H,5H2,1-4H3. The summed E-state index contributed by atoms with van der Waals surface area (Å²) in [6.07, 6.45) is 0. The molecule has 0 atom stereocenters. The topological polar surface area (TPSA) is 35.5 Å². The van der Waals surface area contributed by atoms with Gasteiger partial charge in [0, 0.05) is 0 Å². The van der Waals surface area contributed by atoms with Crippen LogP contribution >= 0.6 is 0 Å². The summed E-state index contributed by atoms with van der Waals surface area (Å²) in [5, 5.41) is 0. The van der Waals surface area contributed by atoms with Crippen molar-refractivity contribution in [3.8, 4) is 5.75 Å². The van der Waals surface area contributed by atoms with Crippen molar-refractivity contribution in [2.45, 2.75) is 20.8 Å². The molecule has 15 heavy (non-hydrogen) atoms. The fraction of sp³-hybridized carbons (Fsp3) is 0.417. The molecule has 3 nitrogen and oxygen atoms in total. The third-order valence-corrected chi connectivity index (χ3v) is 2.14. The van der Waals surface area contributed by atoms with E-state index in [2.05, 4.69) is 0 Å². The van der Waals surface area contributed by atoms with Crippen molar-refractivity contribution < 1.29 is 14.3 Å². The molecule has 1 rings (SSSR count). The van der Waals surface area contributed by atoms with Crippen LogP contribution in [0.5, 0.6) is 5.75 Å². The zero-order chi connectivity index (χ0) is 11.4. The molecule has 0 saturated heterocycles. The average Bonchev–Trinajstić information content (AvgIpc) is 2.16. The third kappa shape index (κ3) is 2.49. The van der Waals surface area contributed by atoms with E-state index in [-0.39, 0.29) is 5.97 Å². The largest absolute Gasteiger partial charge is 0.496 e. The van der Waals surface area contributed by atoms with Crippen LogP contribution < -0.4 is 4.74 Å². The highest BCUT2D eigenvalue weighted by Gasteiger charge is 2.16. The smallest absolute Gasteiger partial charge is 0.342 e.